The number of hydrogen-bond donors (Lipinski definition) is 2. The molecule has 1 amide bonds. The molecule has 0 spiro atoms. The molecule has 0 atom stereocenters. The van der Waals surface area contributed by atoms with Crippen LogP contribution in [0.4, 0.5) is 5.69 Å². The molecule has 2 aromatic carbocycles. The fraction of sp³-hybridized carbons (Fsp3) is 0.188. The van der Waals surface area contributed by atoms with Gasteiger partial charge >= 0.3 is 0 Å². The van der Waals surface area contributed by atoms with E-state index in [4.69, 9.17) is 20.9 Å². The third-order valence-electron chi connectivity index (χ3n) is 2.63. The van der Waals surface area contributed by atoms with Crippen molar-refractivity contribution >= 4 is 11.6 Å². The van der Waals surface area contributed by atoms with Gasteiger partial charge in [-0.15, -0.1) is 0 Å². The first-order valence-electron chi connectivity index (χ1n) is 6.59. The summed E-state index contributed by atoms with van der Waals surface area (Å²) in [4.78, 5) is 11.2. The van der Waals surface area contributed by atoms with E-state index in [2.05, 4.69) is 0 Å². The molecule has 2 aromatic rings. The van der Waals surface area contributed by atoms with Gasteiger partial charge < -0.3 is 20.9 Å². The van der Waals surface area contributed by atoms with E-state index >= 15 is 0 Å². The van der Waals surface area contributed by atoms with Crippen molar-refractivity contribution in [2.45, 2.75) is 20.0 Å². The fourth-order valence-corrected chi connectivity index (χ4v) is 1.84. The number of primary amides is 1. The van der Waals surface area contributed by atoms with Crippen molar-refractivity contribution in [3.05, 3.63) is 48.0 Å². The molecule has 5 nitrogen and oxygen atoms in total. The number of carbonyl (C=O) groups excluding carboxylic acids is 1. The molecule has 2 rings (SSSR count). The summed E-state index contributed by atoms with van der Waals surface area (Å²) in [6.45, 7) is 3.86. The predicted octanol–water partition coefficient (Wildman–Crippen LogP) is 2.95. The molecule has 0 aromatic heterocycles. The minimum atomic E-state index is -0.503. The van der Waals surface area contributed by atoms with E-state index in [1.807, 2.05) is 13.8 Å². The van der Waals surface area contributed by atoms with Crippen LogP contribution >= 0.6 is 0 Å². The van der Waals surface area contributed by atoms with Gasteiger partial charge in [0.25, 0.3) is 0 Å². The first-order valence-corrected chi connectivity index (χ1v) is 6.59. The summed E-state index contributed by atoms with van der Waals surface area (Å²) in [6.07, 6.45) is 0.0397. The number of carbonyl (C=O) groups is 1. The van der Waals surface area contributed by atoms with Crippen LogP contribution in [-0.4, -0.2) is 12.0 Å². The van der Waals surface area contributed by atoms with Gasteiger partial charge in [-0.3, -0.25) is 4.79 Å². The molecule has 0 aliphatic heterocycles. The van der Waals surface area contributed by atoms with Gasteiger partial charge in [0.2, 0.25) is 5.91 Å². The molecule has 0 unspecified atom stereocenters. The molecule has 0 radical (unpaired) electrons. The summed E-state index contributed by atoms with van der Waals surface area (Å²) in [5, 5.41) is 0. The van der Waals surface area contributed by atoms with E-state index in [-0.39, 0.29) is 6.10 Å². The number of amides is 1. The average molecular weight is 286 g/mol. The zero-order valence-corrected chi connectivity index (χ0v) is 12.0. The third-order valence-corrected chi connectivity index (χ3v) is 2.63. The molecule has 110 valence electrons. The molecule has 0 bridgehead atoms. The molecular formula is C16H18N2O3. The van der Waals surface area contributed by atoms with Crippen molar-refractivity contribution in [2.24, 2.45) is 5.73 Å². The third kappa shape index (κ3) is 4.14. The number of hydrogen-bond acceptors (Lipinski definition) is 4. The smallest absolute Gasteiger partial charge is 0.248 e. The summed E-state index contributed by atoms with van der Waals surface area (Å²) < 4.78 is 11.3. The average Bonchev–Trinajstić information content (AvgIpc) is 2.37. The van der Waals surface area contributed by atoms with Gasteiger partial charge in [-0.05, 0) is 32.0 Å². The number of benzene rings is 2. The van der Waals surface area contributed by atoms with Crippen molar-refractivity contribution in [2.75, 3.05) is 5.73 Å². The molecule has 0 heterocycles. The van der Waals surface area contributed by atoms with Crippen molar-refractivity contribution in [3.63, 3.8) is 0 Å². The Hall–Kier alpha value is -2.69. The van der Waals surface area contributed by atoms with Crippen LogP contribution in [0.15, 0.2) is 42.5 Å². The zero-order chi connectivity index (χ0) is 15.4. The number of rotatable bonds is 5. The fourth-order valence-electron chi connectivity index (χ4n) is 1.84. The highest BCUT2D eigenvalue weighted by Gasteiger charge is 2.06. The lowest BCUT2D eigenvalue weighted by atomic mass is 10.2. The number of ether oxygens (including phenoxy) is 2. The predicted molar refractivity (Wildman–Crippen MR) is 81.7 cm³/mol. The second-order valence-corrected chi connectivity index (χ2v) is 4.90. The maximum absolute atomic E-state index is 11.2. The molecule has 0 aliphatic carbocycles. The Kier molecular flexibility index (Phi) is 4.33. The summed E-state index contributed by atoms with van der Waals surface area (Å²) in [5.74, 6) is 1.17. The van der Waals surface area contributed by atoms with E-state index < -0.39 is 5.91 Å². The van der Waals surface area contributed by atoms with Gasteiger partial charge in [0.1, 0.15) is 17.2 Å². The lowest BCUT2D eigenvalue weighted by Gasteiger charge is -2.13. The Bertz CT molecular complexity index is 654. The normalized spacial score (nSPS) is 10.4. The van der Waals surface area contributed by atoms with Crippen LogP contribution < -0.4 is 20.9 Å². The Morgan fingerprint density at radius 1 is 1.05 bits per heavy atom. The van der Waals surface area contributed by atoms with Gasteiger partial charge in [0.05, 0.1) is 6.10 Å². The Morgan fingerprint density at radius 2 is 1.76 bits per heavy atom. The lowest BCUT2D eigenvalue weighted by Crippen LogP contribution is -2.10. The standard InChI is InChI=1S/C16H18N2O3/c1-10(2)20-14-7-12(17)8-15(9-14)21-13-5-3-4-11(6-13)16(18)19/h3-10H,17H2,1-2H3,(H2,18,19). The van der Waals surface area contributed by atoms with Crippen LogP contribution in [0, 0.1) is 0 Å². The van der Waals surface area contributed by atoms with Crippen LogP contribution in [0.3, 0.4) is 0 Å². The minimum absolute atomic E-state index is 0.0397. The summed E-state index contributed by atoms with van der Waals surface area (Å²) in [7, 11) is 0. The molecule has 4 N–H and O–H groups in total. The van der Waals surface area contributed by atoms with Gasteiger partial charge in [-0.1, -0.05) is 6.07 Å². The SMILES string of the molecule is CC(C)Oc1cc(N)cc(Oc2cccc(C(N)=O)c2)c1. The van der Waals surface area contributed by atoms with E-state index in [1.54, 1.807) is 42.5 Å². The first kappa shape index (κ1) is 14.7. The molecule has 0 saturated carbocycles. The molecule has 0 aliphatic rings. The van der Waals surface area contributed by atoms with Crippen LogP contribution in [0.1, 0.15) is 24.2 Å². The second-order valence-electron chi connectivity index (χ2n) is 4.90. The molecule has 0 saturated heterocycles. The maximum Gasteiger partial charge on any atom is 0.248 e. The van der Waals surface area contributed by atoms with Crippen LogP contribution in [0.2, 0.25) is 0 Å². The molecule has 5 heteroatoms. The highest BCUT2D eigenvalue weighted by atomic mass is 16.5. The Labute approximate surface area is 123 Å². The molecule has 21 heavy (non-hydrogen) atoms. The lowest BCUT2D eigenvalue weighted by molar-refractivity contribution is 0.1000. The summed E-state index contributed by atoms with van der Waals surface area (Å²) in [5.41, 5.74) is 12.0. The van der Waals surface area contributed by atoms with Gasteiger partial charge in [0.15, 0.2) is 0 Å². The molecular weight excluding hydrogens is 268 g/mol. The summed E-state index contributed by atoms with van der Waals surface area (Å²) in [6, 6.07) is 11.8. The molecule has 0 fully saturated rings. The number of nitrogens with two attached hydrogens (primary N) is 2. The highest BCUT2D eigenvalue weighted by Crippen LogP contribution is 2.29. The van der Waals surface area contributed by atoms with E-state index in [0.717, 1.165) is 0 Å². The number of anilines is 1. The first-order chi connectivity index (χ1) is 9.94. The van der Waals surface area contributed by atoms with E-state index in [9.17, 15) is 4.79 Å². The topological polar surface area (TPSA) is 87.6 Å². The quantitative estimate of drug-likeness (QED) is 0.827. The highest BCUT2D eigenvalue weighted by molar-refractivity contribution is 5.93. The van der Waals surface area contributed by atoms with Gasteiger partial charge in [0, 0.05) is 29.4 Å². The Balaban J connectivity index is 2.24. The van der Waals surface area contributed by atoms with Crippen molar-refractivity contribution in [3.8, 4) is 17.2 Å². The minimum Gasteiger partial charge on any atom is -0.491 e. The largest absolute Gasteiger partial charge is 0.491 e. The zero-order valence-electron chi connectivity index (χ0n) is 12.0. The maximum atomic E-state index is 11.2. The van der Waals surface area contributed by atoms with Gasteiger partial charge in [-0.2, -0.15) is 0 Å². The second kappa shape index (κ2) is 6.17. The van der Waals surface area contributed by atoms with E-state index in [0.29, 0.717) is 28.5 Å². The van der Waals surface area contributed by atoms with Crippen LogP contribution in [0.5, 0.6) is 17.2 Å². The van der Waals surface area contributed by atoms with Crippen molar-refractivity contribution in [1.82, 2.24) is 0 Å². The Morgan fingerprint density at radius 3 is 2.43 bits per heavy atom. The van der Waals surface area contributed by atoms with Gasteiger partial charge in [-0.25, -0.2) is 0 Å². The van der Waals surface area contributed by atoms with Crippen molar-refractivity contribution in [1.29, 1.82) is 0 Å². The van der Waals surface area contributed by atoms with Crippen LogP contribution in [0.25, 0.3) is 0 Å². The monoisotopic (exact) mass is 286 g/mol. The van der Waals surface area contributed by atoms with Crippen LogP contribution in [-0.2, 0) is 0 Å². The number of nitrogen functional groups attached to an aromatic ring is 1. The summed E-state index contributed by atoms with van der Waals surface area (Å²) >= 11 is 0. The van der Waals surface area contributed by atoms with E-state index in [1.165, 1.54) is 0 Å². The van der Waals surface area contributed by atoms with Crippen molar-refractivity contribution < 1.29 is 14.3 Å².